The van der Waals surface area contributed by atoms with Crippen LogP contribution in [0.1, 0.15) is 22.5 Å². The van der Waals surface area contributed by atoms with Gasteiger partial charge in [0, 0.05) is 6.07 Å². The smallest absolute Gasteiger partial charge is 0.281 e. The third-order valence-electron chi connectivity index (χ3n) is 1.42. The molecule has 1 rings (SSSR count). The fourth-order valence-corrected chi connectivity index (χ4v) is 1.09. The summed E-state index contributed by atoms with van der Waals surface area (Å²) in [5.41, 5.74) is 3.05. The molecule has 0 unspecified atom stereocenters. The maximum Gasteiger partial charge on any atom is 0.281 e. The molecule has 0 aromatic carbocycles. The van der Waals surface area contributed by atoms with E-state index in [2.05, 4.69) is 4.98 Å². The zero-order valence-corrected chi connectivity index (χ0v) is 7.36. The normalized spacial score (nSPS) is 10.6. The third kappa shape index (κ3) is 1.95. The lowest BCUT2D eigenvalue weighted by Crippen LogP contribution is -2.07. The quantitative estimate of drug-likeness (QED) is 0.783. The molecule has 0 aliphatic rings. The van der Waals surface area contributed by atoms with Crippen molar-refractivity contribution < 1.29 is 18.0 Å². The Morgan fingerprint density at radius 2 is 2.14 bits per heavy atom. The van der Waals surface area contributed by atoms with Crippen molar-refractivity contribution in [1.29, 1.82) is 0 Å². The van der Waals surface area contributed by atoms with Crippen LogP contribution in [0, 0.1) is 5.82 Å². The summed E-state index contributed by atoms with van der Waals surface area (Å²) >= 11 is 4.92. The van der Waals surface area contributed by atoms with Crippen LogP contribution in [0.2, 0.25) is 0 Å². The van der Waals surface area contributed by atoms with Gasteiger partial charge in [-0.25, -0.2) is 18.2 Å². The van der Waals surface area contributed by atoms with Gasteiger partial charge in [-0.05, 0) is 11.6 Å². The molecule has 0 saturated heterocycles. The molecule has 0 fully saturated rings. The molecule has 1 aromatic heterocycles. The summed E-state index contributed by atoms with van der Waals surface area (Å²) < 4.78 is 37.5. The molecule has 0 aliphatic carbocycles. The Balaban J connectivity index is 3.44. The van der Waals surface area contributed by atoms with Crippen LogP contribution >= 0.6 is 11.6 Å². The van der Waals surface area contributed by atoms with Crippen LogP contribution in [-0.4, -0.2) is 10.2 Å². The van der Waals surface area contributed by atoms with E-state index >= 15 is 0 Å². The Bertz CT molecular complexity index is 383. The second-order valence-electron chi connectivity index (χ2n) is 2.36. The van der Waals surface area contributed by atoms with Gasteiger partial charge in [-0.2, -0.15) is 0 Å². The molecule has 14 heavy (non-hydrogen) atoms. The number of alkyl halides is 2. The van der Waals surface area contributed by atoms with Crippen molar-refractivity contribution in [3.8, 4) is 0 Å². The van der Waals surface area contributed by atoms with Gasteiger partial charge >= 0.3 is 0 Å². The minimum absolute atomic E-state index is 0.431. The molecule has 0 radical (unpaired) electrons. The third-order valence-corrected chi connectivity index (χ3v) is 1.61. The first-order valence-corrected chi connectivity index (χ1v) is 3.75. The monoisotopic (exact) mass is 224 g/mol. The number of nitrogens with zero attached hydrogens (tertiary/aromatic N) is 1. The first-order chi connectivity index (χ1) is 6.43. The van der Waals surface area contributed by atoms with Crippen molar-refractivity contribution >= 4 is 22.7 Å². The summed E-state index contributed by atoms with van der Waals surface area (Å²) in [7, 11) is 0. The van der Waals surface area contributed by atoms with Crippen LogP contribution in [0.15, 0.2) is 6.07 Å². The van der Waals surface area contributed by atoms with E-state index in [0.717, 1.165) is 0 Å². The lowest BCUT2D eigenvalue weighted by molar-refractivity contribution is 0.105. The molecule has 0 saturated carbocycles. The van der Waals surface area contributed by atoms with Gasteiger partial charge < -0.3 is 5.73 Å². The minimum Gasteiger partial charge on any atom is -0.384 e. The van der Waals surface area contributed by atoms with Crippen molar-refractivity contribution in [2.24, 2.45) is 0 Å². The number of hydrogen-bond acceptors (Lipinski definition) is 3. The molecular weight excluding hydrogens is 221 g/mol. The van der Waals surface area contributed by atoms with Crippen molar-refractivity contribution in [3.05, 3.63) is 23.1 Å². The number of hydrogen-bond donors (Lipinski definition) is 1. The molecule has 1 heterocycles. The lowest BCUT2D eigenvalue weighted by atomic mass is 10.2. The molecule has 0 amide bonds. The highest BCUT2D eigenvalue weighted by molar-refractivity contribution is 6.67. The Morgan fingerprint density at radius 1 is 1.57 bits per heavy atom. The molecule has 0 spiro atoms. The van der Waals surface area contributed by atoms with Crippen LogP contribution in [-0.2, 0) is 0 Å². The summed E-state index contributed by atoms with van der Waals surface area (Å²) in [6, 6.07) is 0.654. The van der Waals surface area contributed by atoms with Crippen LogP contribution in [0.25, 0.3) is 0 Å². The van der Waals surface area contributed by atoms with Crippen molar-refractivity contribution in [3.63, 3.8) is 0 Å². The summed E-state index contributed by atoms with van der Waals surface area (Å²) in [5.74, 6) is -1.63. The van der Waals surface area contributed by atoms with Crippen LogP contribution in [0.5, 0.6) is 0 Å². The van der Waals surface area contributed by atoms with E-state index in [1.807, 2.05) is 0 Å². The van der Waals surface area contributed by atoms with Crippen LogP contribution in [0.4, 0.5) is 19.0 Å². The van der Waals surface area contributed by atoms with E-state index < -0.39 is 34.6 Å². The average molecular weight is 225 g/mol. The predicted molar refractivity (Wildman–Crippen MR) is 43.7 cm³/mol. The van der Waals surface area contributed by atoms with Gasteiger partial charge in [0.25, 0.3) is 11.7 Å². The first-order valence-electron chi connectivity index (χ1n) is 3.37. The van der Waals surface area contributed by atoms with Crippen molar-refractivity contribution in [2.45, 2.75) is 6.43 Å². The zero-order valence-electron chi connectivity index (χ0n) is 6.60. The summed E-state index contributed by atoms with van der Waals surface area (Å²) in [6.45, 7) is 0. The Labute approximate surface area is 81.7 Å². The maximum atomic E-state index is 13.0. The second-order valence-corrected chi connectivity index (χ2v) is 2.71. The van der Waals surface area contributed by atoms with Crippen LogP contribution in [0.3, 0.4) is 0 Å². The predicted octanol–water partition coefficient (Wildman–Crippen LogP) is 2.12. The topological polar surface area (TPSA) is 56.0 Å². The van der Waals surface area contributed by atoms with E-state index in [9.17, 15) is 18.0 Å². The van der Waals surface area contributed by atoms with E-state index in [-0.39, 0.29) is 0 Å². The number of carbonyl (C=O) groups excluding carboxylic acids is 1. The van der Waals surface area contributed by atoms with Gasteiger partial charge in [0.2, 0.25) is 0 Å². The maximum absolute atomic E-state index is 13.0. The minimum atomic E-state index is -3.11. The Morgan fingerprint density at radius 3 is 2.57 bits per heavy atom. The van der Waals surface area contributed by atoms with Gasteiger partial charge in [0.05, 0.1) is 5.56 Å². The number of aromatic nitrogens is 1. The number of carbonyl (C=O) groups is 1. The van der Waals surface area contributed by atoms with Crippen molar-refractivity contribution in [2.75, 3.05) is 5.73 Å². The SMILES string of the molecule is Nc1cc(F)c(C(=O)Cl)c(C(F)F)n1. The van der Waals surface area contributed by atoms with Crippen molar-refractivity contribution in [1.82, 2.24) is 4.98 Å². The van der Waals surface area contributed by atoms with Gasteiger partial charge in [-0.3, -0.25) is 4.79 Å². The average Bonchev–Trinajstić information content (AvgIpc) is 2.01. The summed E-state index contributed by atoms with van der Waals surface area (Å²) in [6.07, 6.45) is -3.11. The molecule has 76 valence electrons. The van der Waals surface area contributed by atoms with Gasteiger partial charge in [0.15, 0.2) is 0 Å². The molecule has 7 heteroatoms. The van der Waals surface area contributed by atoms with E-state index in [0.29, 0.717) is 6.07 Å². The fraction of sp³-hybridized carbons (Fsp3) is 0.143. The first kappa shape index (κ1) is 10.8. The largest absolute Gasteiger partial charge is 0.384 e. The fourth-order valence-electron chi connectivity index (χ4n) is 0.904. The highest BCUT2D eigenvalue weighted by Crippen LogP contribution is 2.25. The number of pyridine rings is 1. The number of nitrogen functional groups attached to an aromatic ring is 1. The highest BCUT2D eigenvalue weighted by atomic mass is 35.5. The van der Waals surface area contributed by atoms with E-state index in [1.165, 1.54) is 0 Å². The Kier molecular flexibility index (Phi) is 2.95. The highest BCUT2D eigenvalue weighted by Gasteiger charge is 2.23. The number of anilines is 1. The van der Waals surface area contributed by atoms with E-state index in [4.69, 9.17) is 17.3 Å². The standard InChI is InChI=1S/C7H4ClF3N2O/c8-6(14)4-2(9)1-3(12)13-5(4)7(10)11/h1,7H,(H2,12,13). The van der Waals surface area contributed by atoms with Gasteiger partial charge in [-0.15, -0.1) is 0 Å². The Hall–Kier alpha value is -1.30. The van der Waals surface area contributed by atoms with Gasteiger partial charge in [0.1, 0.15) is 17.3 Å². The molecule has 0 aliphatic heterocycles. The summed E-state index contributed by atoms with van der Waals surface area (Å²) in [4.78, 5) is 13.8. The van der Waals surface area contributed by atoms with E-state index in [1.54, 1.807) is 0 Å². The van der Waals surface area contributed by atoms with Crippen LogP contribution < -0.4 is 5.73 Å². The molecular formula is C7H4ClF3N2O. The summed E-state index contributed by atoms with van der Waals surface area (Å²) in [5, 5.41) is -1.33. The molecule has 2 N–H and O–H groups in total. The number of nitrogens with two attached hydrogens (primary N) is 1. The lowest BCUT2D eigenvalue weighted by Gasteiger charge is -2.05. The number of halogens is 4. The van der Waals surface area contributed by atoms with Gasteiger partial charge in [-0.1, -0.05) is 0 Å². The molecule has 0 atom stereocenters. The molecule has 3 nitrogen and oxygen atoms in total. The second kappa shape index (κ2) is 3.83. The number of rotatable bonds is 2. The molecule has 0 bridgehead atoms. The molecule has 1 aromatic rings. The zero-order chi connectivity index (χ0) is 10.9.